The van der Waals surface area contributed by atoms with E-state index in [1.54, 1.807) is 12.3 Å². The first-order valence-corrected chi connectivity index (χ1v) is 6.65. The molecule has 7 heteroatoms. The summed E-state index contributed by atoms with van der Waals surface area (Å²) in [6.07, 6.45) is 6.24. The standard InChI is InChI=1S/C13H18ClN3O.2ClH/c1-17(10-3-2-6-15-7-4-10)13(18)11-5-8-16-9-12(11)14;;/h5,8-10,15H,2-4,6-7H2,1H3;2*1H. The van der Waals surface area contributed by atoms with Crippen LogP contribution in [0.2, 0.25) is 5.02 Å². The minimum Gasteiger partial charge on any atom is -0.339 e. The van der Waals surface area contributed by atoms with Crippen LogP contribution in [-0.2, 0) is 0 Å². The number of amides is 1. The summed E-state index contributed by atoms with van der Waals surface area (Å²) in [6.45, 7) is 2.00. The number of carbonyl (C=O) groups is 1. The van der Waals surface area contributed by atoms with Crippen molar-refractivity contribution in [3.63, 3.8) is 0 Å². The van der Waals surface area contributed by atoms with Gasteiger partial charge in [-0.15, -0.1) is 24.8 Å². The summed E-state index contributed by atoms with van der Waals surface area (Å²) >= 11 is 6.01. The third-order valence-electron chi connectivity index (χ3n) is 3.42. The number of hydrogen-bond acceptors (Lipinski definition) is 3. The number of nitrogens with zero attached hydrogens (tertiary/aromatic N) is 2. The van der Waals surface area contributed by atoms with Gasteiger partial charge in [-0.05, 0) is 38.4 Å². The molecule has 1 amide bonds. The molecule has 1 aliphatic rings. The molecule has 2 rings (SSSR count). The molecule has 1 aliphatic heterocycles. The summed E-state index contributed by atoms with van der Waals surface area (Å²) in [5, 5.41) is 3.77. The average molecular weight is 341 g/mol. The van der Waals surface area contributed by atoms with Crippen molar-refractivity contribution in [2.24, 2.45) is 0 Å². The quantitative estimate of drug-likeness (QED) is 0.900. The SMILES string of the molecule is CN(C(=O)c1ccncc1Cl)C1CCCNCC1.Cl.Cl. The highest BCUT2D eigenvalue weighted by molar-refractivity contribution is 6.33. The van der Waals surface area contributed by atoms with Gasteiger partial charge in [0.2, 0.25) is 0 Å². The Morgan fingerprint density at radius 1 is 1.40 bits per heavy atom. The highest BCUT2D eigenvalue weighted by Crippen LogP contribution is 2.19. The number of pyridine rings is 1. The largest absolute Gasteiger partial charge is 0.339 e. The third-order valence-corrected chi connectivity index (χ3v) is 3.72. The van der Waals surface area contributed by atoms with Crippen LogP contribution in [0.1, 0.15) is 29.6 Å². The first kappa shape index (κ1) is 19.4. The summed E-state index contributed by atoms with van der Waals surface area (Å²) in [6, 6.07) is 1.97. The van der Waals surface area contributed by atoms with E-state index >= 15 is 0 Å². The van der Waals surface area contributed by atoms with Crippen molar-refractivity contribution in [2.45, 2.75) is 25.3 Å². The van der Waals surface area contributed by atoms with Gasteiger partial charge in [0.1, 0.15) is 0 Å². The maximum absolute atomic E-state index is 12.4. The Morgan fingerprint density at radius 3 is 2.85 bits per heavy atom. The normalized spacial score (nSPS) is 18.2. The Kier molecular flexibility index (Phi) is 9.14. The zero-order valence-electron chi connectivity index (χ0n) is 11.3. The molecule has 1 fully saturated rings. The highest BCUT2D eigenvalue weighted by atomic mass is 35.5. The highest BCUT2D eigenvalue weighted by Gasteiger charge is 2.23. The van der Waals surface area contributed by atoms with E-state index in [0.717, 1.165) is 32.4 Å². The second-order valence-corrected chi connectivity index (χ2v) is 5.01. The van der Waals surface area contributed by atoms with Crippen LogP contribution in [0.15, 0.2) is 18.5 Å². The zero-order valence-corrected chi connectivity index (χ0v) is 13.7. The van der Waals surface area contributed by atoms with Gasteiger partial charge in [0.05, 0.1) is 10.6 Å². The van der Waals surface area contributed by atoms with Gasteiger partial charge < -0.3 is 10.2 Å². The topological polar surface area (TPSA) is 45.2 Å². The molecular formula is C13H20Cl3N3O. The predicted molar refractivity (Wildman–Crippen MR) is 86.3 cm³/mol. The van der Waals surface area contributed by atoms with Crippen LogP contribution >= 0.6 is 36.4 Å². The molecule has 1 N–H and O–H groups in total. The lowest BCUT2D eigenvalue weighted by molar-refractivity contribution is 0.0720. The van der Waals surface area contributed by atoms with Crippen molar-refractivity contribution < 1.29 is 4.79 Å². The maximum atomic E-state index is 12.4. The fraction of sp³-hybridized carbons (Fsp3) is 0.538. The van der Waals surface area contributed by atoms with Gasteiger partial charge in [-0.2, -0.15) is 0 Å². The summed E-state index contributed by atoms with van der Waals surface area (Å²) in [5.41, 5.74) is 0.534. The number of nitrogens with one attached hydrogen (secondary N) is 1. The fourth-order valence-corrected chi connectivity index (χ4v) is 2.49. The van der Waals surface area contributed by atoms with E-state index in [2.05, 4.69) is 10.3 Å². The van der Waals surface area contributed by atoms with E-state index in [1.807, 2.05) is 11.9 Å². The molecule has 1 unspecified atom stereocenters. The molecule has 0 radical (unpaired) electrons. The Labute approximate surface area is 137 Å². The molecule has 4 nitrogen and oxygen atoms in total. The first-order valence-electron chi connectivity index (χ1n) is 6.27. The van der Waals surface area contributed by atoms with Gasteiger partial charge in [-0.1, -0.05) is 11.6 Å². The van der Waals surface area contributed by atoms with E-state index in [9.17, 15) is 4.79 Å². The van der Waals surface area contributed by atoms with E-state index in [-0.39, 0.29) is 36.8 Å². The van der Waals surface area contributed by atoms with Crippen molar-refractivity contribution in [1.29, 1.82) is 0 Å². The van der Waals surface area contributed by atoms with E-state index in [1.165, 1.54) is 6.20 Å². The molecule has 1 atom stereocenters. The van der Waals surface area contributed by atoms with Gasteiger partial charge in [0.25, 0.3) is 5.91 Å². The molecule has 1 aromatic heterocycles. The van der Waals surface area contributed by atoms with Crippen molar-refractivity contribution in [1.82, 2.24) is 15.2 Å². The van der Waals surface area contributed by atoms with Crippen molar-refractivity contribution in [3.8, 4) is 0 Å². The first-order chi connectivity index (χ1) is 8.70. The van der Waals surface area contributed by atoms with Crippen LogP contribution in [0.4, 0.5) is 0 Å². The number of halogens is 3. The molecular weight excluding hydrogens is 321 g/mol. The molecule has 20 heavy (non-hydrogen) atoms. The molecule has 0 aliphatic carbocycles. The average Bonchev–Trinajstić information content (AvgIpc) is 2.66. The van der Waals surface area contributed by atoms with Gasteiger partial charge >= 0.3 is 0 Å². The second kappa shape index (κ2) is 9.40. The molecule has 1 aromatic rings. The summed E-state index contributed by atoms with van der Waals surface area (Å²) in [4.78, 5) is 18.1. The van der Waals surface area contributed by atoms with Crippen LogP contribution < -0.4 is 5.32 Å². The molecule has 0 saturated carbocycles. The fourth-order valence-electron chi connectivity index (χ4n) is 2.29. The summed E-state index contributed by atoms with van der Waals surface area (Å²) < 4.78 is 0. The van der Waals surface area contributed by atoms with E-state index in [4.69, 9.17) is 11.6 Å². The van der Waals surface area contributed by atoms with Gasteiger partial charge in [0, 0.05) is 25.5 Å². The molecule has 0 bridgehead atoms. The molecule has 114 valence electrons. The van der Waals surface area contributed by atoms with E-state index in [0.29, 0.717) is 10.6 Å². The summed E-state index contributed by atoms with van der Waals surface area (Å²) in [5.74, 6) is -0.0192. The predicted octanol–water partition coefficient (Wildman–Crippen LogP) is 2.79. The van der Waals surface area contributed by atoms with Crippen LogP contribution in [-0.4, -0.2) is 42.0 Å². The Morgan fingerprint density at radius 2 is 2.15 bits per heavy atom. The Balaban J connectivity index is 0.00000180. The van der Waals surface area contributed by atoms with Gasteiger partial charge in [-0.3, -0.25) is 9.78 Å². The molecule has 1 saturated heterocycles. The van der Waals surface area contributed by atoms with Crippen molar-refractivity contribution >= 4 is 42.3 Å². The lowest BCUT2D eigenvalue weighted by atomic mass is 10.1. The number of hydrogen-bond donors (Lipinski definition) is 1. The molecule has 0 aromatic carbocycles. The van der Waals surface area contributed by atoms with Crippen molar-refractivity contribution in [2.75, 3.05) is 20.1 Å². The number of rotatable bonds is 2. The van der Waals surface area contributed by atoms with Crippen LogP contribution in [0.25, 0.3) is 0 Å². The van der Waals surface area contributed by atoms with Crippen LogP contribution in [0.5, 0.6) is 0 Å². The Bertz CT molecular complexity index is 423. The number of aromatic nitrogens is 1. The van der Waals surface area contributed by atoms with Gasteiger partial charge in [-0.25, -0.2) is 0 Å². The Hall–Kier alpha value is -0.550. The number of carbonyl (C=O) groups excluding carboxylic acids is 1. The molecule has 2 heterocycles. The lowest BCUT2D eigenvalue weighted by Crippen LogP contribution is -2.37. The smallest absolute Gasteiger partial charge is 0.255 e. The lowest BCUT2D eigenvalue weighted by Gasteiger charge is -2.27. The summed E-state index contributed by atoms with van der Waals surface area (Å²) in [7, 11) is 1.86. The zero-order chi connectivity index (χ0) is 13.0. The minimum atomic E-state index is -0.0192. The van der Waals surface area contributed by atoms with Crippen LogP contribution in [0.3, 0.4) is 0 Å². The third kappa shape index (κ3) is 4.77. The van der Waals surface area contributed by atoms with Crippen molar-refractivity contribution in [3.05, 3.63) is 29.0 Å². The van der Waals surface area contributed by atoms with Gasteiger partial charge in [0.15, 0.2) is 0 Å². The minimum absolute atomic E-state index is 0. The monoisotopic (exact) mass is 339 g/mol. The second-order valence-electron chi connectivity index (χ2n) is 4.61. The van der Waals surface area contributed by atoms with Crippen LogP contribution in [0, 0.1) is 0 Å². The van der Waals surface area contributed by atoms with E-state index < -0.39 is 0 Å². The molecule has 0 spiro atoms. The maximum Gasteiger partial charge on any atom is 0.255 e.